The maximum atomic E-state index is 5.68. The lowest BCUT2D eigenvalue weighted by Crippen LogP contribution is -2.40. The van der Waals surface area contributed by atoms with Gasteiger partial charge in [-0.1, -0.05) is 20.8 Å². The van der Waals surface area contributed by atoms with Crippen molar-refractivity contribution in [1.29, 1.82) is 0 Å². The van der Waals surface area contributed by atoms with Crippen LogP contribution in [-0.4, -0.2) is 20.5 Å². The highest BCUT2D eigenvalue weighted by atomic mass is 16.5. The Balaban J connectivity index is 2.56. The largest absolute Gasteiger partial charge is 0.387 e. The first-order valence-electron chi connectivity index (χ1n) is 4.45. The molecular formula is C9H17BO. The van der Waals surface area contributed by atoms with Gasteiger partial charge in [0.25, 0.3) is 0 Å². The minimum Gasteiger partial charge on any atom is -0.387 e. The van der Waals surface area contributed by atoms with Gasteiger partial charge in [0.15, 0.2) is 0 Å². The van der Waals surface area contributed by atoms with Crippen LogP contribution in [0.5, 0.6) is 0 Å². The zero-order valence-corrected chi connectivity index (χ0v) is 7.76. The molecule has 2 radical (unpaired) electrons. The molecular weight excluding hydrogens is 135 g/mol. The number of rotatable bonds is 1. The minimum absolute atomic E-state index is 0.0235. The summed E-state index contributed by atoms with van der Waals surface area (Å²) in [6, 6.07) is -0.0235. The van der Waals surface area contributed by atoms with Gasteiger partial charge in [-0.25, -0.2) is 0 Å². The first-order chi connectivity index (χ1) is 5.08. The van der Waals surface area contributed by atoms with E-state index in [0.29, 0.717) is 11.3 Å². The second-order valence-electron chi connectivity index (χ2n) is 3.99. The van der Waals surface area contributed by atoms with Crippen LogP contribution >= 0.6 is 0 Å². The summed E-state index contributed by atoms with van der Waals surface area (Å²) in [5, 5.41) is 0. The van der Waals surface area contributed by atoms with Crippen molar-refractivity contribution in [2.24, 2.45) is 11.3 Å². The highest BCUT2D eigenvalue weighted by Crippen LogP contribution is 2.38. The highest BCUT2D eigenvalue weighted by Gasteiger charge is 2.34. The molecule has 1 heterocycles. The van der Waals surface area contributed by atoms with Gasteiger partial charge in [-0.05, 0) is 24.2 Å². The van der Waals surface area contributed by atoms with Crippen LogP contribution in [0.3, 0.4) is 0 Å². The average Bonchev–Trinajstić information content (AvgIpc) is 1.98. The van der Waals surface area contributed by atoms with E-state index in [1.165, 1.54) is 6.42 Å². The molecule has 0 spiro atoms. The molecule has 0 aromatic heterocycles. The van der Waals surface area contributed by atoms with Gasteiger partial charge in [-0.3, -0.25) is 0 Å². The van der Waals surface area contributed by atoms with Gasteiger partial charge in [-0.15, -0.1) is 0 Å². The quantitative estimate of drug-likeness (QED) is 0.522. The zero-order valence-electron chi connectivity index (χ0n) is 7.76. The van der Waals surface area contributed by atoms with E-state index in [9.17, 15) is 0 Å². The lowest BCUT2D eigenvalue weighted by Gasteiger charge is -2.41. The highest BCUT2D eigenvalue weighted by molar-refractivity contribution is 6.11. The van der Waals surface area contributed by atoms with Crippen molar-refractivity contribution in [3.63, 3.8) is 0 Å². The SMILES string of the molecule is [B]C1CC(C)C(C)(CC)CO1. The Kier molecular flexibility index (Phi) is 2.63. The maximum Gasteiger partial charge on any atom is 0.108 e. The summed E-state index contributed by atoms with van der Waals surface area (Å²) in [7, 11) is 5.68. The van der Waals surface area contributed by atoms with Crippen LogP contribution in [0.25, 0.3) is 0 Å². The second kappa shape index (κ2) is 3.18. The standard InChI is InChI=1S/C9H17BO/c1-4-9(3)6-11-8(10)5-7(9)2/h7-8H,4-6H2,1-3H3. The summed E-state index contributed by atoms with van der Waals surface area (Å²) in [6.07, 6.45) is 2.19. The van der Waals surface area contributed by atoms with Gasteiger partial charge in [0.1, 0.15) is 7.85 Å². The normalized spacial score (nSPS) is 45.7. The number of hydrogen-bond acceptors (Lipinski definition) is 1. The summed E-state index contributed by atoms with van der Waals surface area (Å²) < 4.78 is 5.43. The van der Waals surface area contributed by atoms with E-state index in [4.69, 9.17) is 12.6 Å². The molecule has 1 rings (SSSR count). The Hall–Kier alpha value is 0.0249. The average molecular weight is 152 g/mol. The van der Waals surface area contributed by atoms with E-state index in [-0.39, 0.29) is 6.00 Å². The molecule has 62 valence electrons. The fourth-order valence-electron chi connectivity index (χ4n) is 1.59. The Morgan fingerprint density at radius 1 is 1.64 bits per heavy atom. The second-order valence-corrected chi connectivity index (χ2v) is 3.99. The smallest absolute Gasteiger partial charge is 0.108 e. The molecule has 0 aliphatic carbocycles. The van der Waals surface area contributed by atoms with E-state index >= 15 is 0 Å². The van der Waals surface area contributed by atoms with Crippen LogP contribution in [0.4, 0.5) is 0 Å². The van der Waals surface area contributed by atoms with Crippen LogP contribution < -0.4 is 0 Å². The predicted molar refractivity (Wildman–Crippen MR) is 47.7 cm³/mol. The predicted octanol–water partition coefficient (Wildman–Crippen LogP) is 1.95. The molecule has 3 atom stereocenters. The first kappa shape index (κ1) is 9.12. The van der Waals surface area contributed by atoms with Gasteiger partial charge in [0.05, 0.1) is 6.61 Å². The summed E-state index contributed by atoms with van der Waals surface area (Å²) in [4.78, 5) is 0. The molecule has 0 amide bonds. The Morgan fingerprint density at radius 3 is 2.73 bits per heavy atom. The van der Waals surface area contributed by atoms with Crippen LogP contribution in [0.15, 0.2) is 0 Å². The Morgan fingerprint density at radius 2 is 2.27 bits per heavy atom. The first-order valence-corrected chi connectivity index (χ1v) is 4.45. The van der Waals surface area contributed by atoms with Crippen LogP contribution in [-0.2, 0) is 4.74 Å². The fourth-order valence-corrected chi connectivity index (χ4v) is 1.59. The van der Waals surface area contributed by atoms with Crippen molar-refractivity contribution >= 4 is 7.85 Å². The lowest BCUT2D eigenvalue weighted by molar-refractivity contribution is -0.0560. The summed E-state index contributed by atoms with van der Waals surface area (Å²) in [5.74, 6) is 0.691. The summed E-state index contributed by atoms with van der Waals surface area (Å²) >= 11 is 0. The van der Waals surface area contributed by atoms with Gasteiger partial charge in [0, 0.05) is 6.00 Å². The molecule has 0 saturated carbocycles. The molecule has 3 unspecified atom stereocenters. The zero-order chi connectivity index (χ0) is 8.48. The van der Waals surface area contributed by atoms with Gasteiger partial charge in [-0.2, -0.15) is 0 Å². The van der Waals surface area contributed by atoms with E-state index in [1.54, 1.807) is 0 Å². The third-order valence-corrected chi connectivity index (χ3v) is 3.21. The molecule has 0 N–H and O–H groups in total. The van der Waals surface area contributed by atoms with E-state index in [0.717, 1.165) is 13.0 Å². The van der Waals surface area contributed by atoms with Gasteiger partial charge in [0.2, 0.25) is 0 Å². The van der Waals surface area contributed by atoms with Crippen molar-refractivity contribution in [1.82, 2.24) is 0 Å². The maximum absolute atomic E-state index is 5.68. The third-order valence-electron chi connectivity index (χ3n) is 3.21. The molecule has 1 aliphatic heterocycles. The van der Waals surface area contributed by atoms with Crippen molar-refractivity contribution in [3.05, 3.63) is 0 Å². The molecule has 0 bridgehead atoms. The Labute approximate surface area is 70.9 Å². The molecule has 1 fully saturated rings. The monoisotopic (exact) mass is 152 g/mol. The van der Waals surface area contributed by atoms with Crippen molar-refractivity contribution in [2.75, 3.05) is 6.61 Å². The molecule has 1 saturated heterocycles. The minimum atomic E-state index is -0.0235. The Bertz CT molecular complexity index is 138. The lowest BCUT2D eigenvalue weighted by atomic mass is 9.70. The molecule has 2 heteroatoms. The van der Waals surface area contributed by atoms with E-state index in [1.807, 2.05) is 0 Å². The van der Waals surface area contributed by atoms with E-state index in [2.05, 4.69) is 20.8 Å². The van der Waals surface area contributed by atoms with Crippen LogP contribution in [0.2, 0.25) is 0 Å². The van der Waals surface area contributed by atoms with Crippen LogP contribution in [0, 0.1) is 11.3 Å². The summed E-state index contributed by atoms with van der Waals surface area (Å²) in [6.45, 7) is 7.60. The molecule has 1 aliphatic rings. The fraction of sp³-hybridized carbons (Fsp3) is 1.00. The van der Waals surface area contributed by atoms with Crippen LogP contribution in [0.1, 0.15) is 33.6 Å². The number of hydrogen-bond donors (Lipinski definition) is 0. The molecule has 0 aromatic rings. The van der Waals surface area contributed by atoms with E-state index < -0.39 is 0 Å². The molecule has 0 aromatic carbocycles. The summed E-state index contributed by atoms with van der Waals surface area (Å²) in [5.41, 5.74) is 0.357. The van der Waals surface area contributed by atoms with Crippen molar-refractivity contribution in [3.8, 4) is 0 Å². The van der Waals surface area contributed by atoms with Crippen molar-refractivity contribution in [2.45, 2.75) is 39.6 Å². The van der Waals surface area contributed by atoms with Gasteiger partial charge < -0.3 is 4.74 Å². The number of ether oxygens (including phenoxy) is 1. The third kappa shape index (κ3) is 1.78. The van der Waals surface area contributed by atoms with Gasteiger partial charge >= 0.3 is 0 Å². The molecule has 11 heavy (non-hydrogen) atoms. The topological polar surface area (TPSA) is 9.23 Å². The molecule has 1 nitrogen and oxygen atoms in total. The van der Waals surface area contributed by atoms with Crippen molar-refractivity contribution < 1.29 is 4.74 Å².